The normalized spacial score (nSPS) is 14.0. The van der Waals surface area contributed by atoms with E-state index in [0.717, 1.165) is 16.2 Å². The first kappa shape index (κ1) is 18.6. The minimum atomic E-state index is -0.490. The van der Waals surface area contributed by atoms with Gasteiger partial charge in [0.1, 0.15) is 4.34 Å². The first-order chi connectivity index (χ1) is 13.4. The number of nitrogens with one attached hydrogen (secondary N) is 1. The first-order valence-electron chi connectivity index (χ1n) is 7.98. The molecule has 0 saturated carbocycles. The van der Waals surface area contributed by atoms with E-state index in [1.807, 2.05) is 0 Å². The van der Waals surface area contributed by atoms with Crippen molar-refractivity contribution in [2.75, 3.05) is 10.2 Å². The number of halogens is 2. The largest absolute Gasteiger partial charge is 0.403 e. The first-order valence-corrected chi connectivity index (χ1v) is 9.55. The summed E-state index contributed by atoms with van der Waals surface area (Å²) in [6.45, 7) is 0. The van der Waals surface area contributed by atoms with Crippen molar-refractivity contribution >= 4 is 64.0 Å². The molecule has 0 atom stereocenters. The van der Waals surface area contributed by atoms with Gasteiger partial charge in [0, 0.05) is 18.4 Å². The maximum absolute atomic E-state index is 12.4. The SMILES string of the molecule is O=C(Nc1nnc(-c2cc(Cl)sc2Cl)o1)c1ccc(N2C(=O)CCC2=O)cc1. The molecular weight excluding hydrogens is 427 g/mol. The Morgan fingerprint density at radius 1 is 1.11 bits per heavy atom. The van der Waals surface area contributed by atoms with Crippen molar-refractivity contribution < 1.29 is 18.8 Å². The molecule has 1 aliphatic heterocycles. The Labute approximate surface area is 172 Å². The van der Waals surface area contributed by atoms with Crippen LogP contribution in [0.3, 0.4) is 0 Å². The zero-order chi connectivity index (χ0) is 19.8. The topological polar surface area (TPSA) is 105 Å². The van der Waals surface area contributed by atoms with Gasteiger partial charge in [0.25, 0.3) is 11.8 Å². The summed E-state index contributed by atoms with van der Waals surface area (Å²) in [6.07, 6.45) is 0.389. The van der Waals surface area contributed by atoms with Crippen LogP contribution in [-0.2, 0) is 9.59 Å². The molecule has 3 amide bonds. The van der Waals surface area contributed by atoms with Gasteiger partial charge in [0.15, 0.2) is 0 Å². The number of carbonyl (C=O) groups is 3. The van der Waals surface area contributed by atoms with Gasteiger partial charge in [-0.15, -0.1) is 16.4 Å². The van der Waals surface area contributed by atoms with Gasteiger partial charge in [-0.05, 0) is 30.3 Å². The Morgan fingerprint density at radius 2 is 1.79 bits per heavy atom. The number of rotatable bonds is 4. The summed E-state index contributed by atoms with van der Waals surface area (Å²) >= 11 is 13.1. The predicted molar refractivity (Wildman–Crippen MR) is 104 cm³/mol. The summed E-state index contributed by atoms with van der Waals surface area (Å²) in [4.78, 5) is 37.0. The highest BCUT2D eigenvalue weighted by atomic mass is 35.5. The summed E-state index contributed by atoms with van der Waals surface area (Å²) in [5.74, 6) is -0.874. The van der Waals surface area contributed by atoms with Gasteiger partial charge in [-0.2, -0.15) is 0 Å². The summed E-state index contributed by atoms with van der Waals surface area (Å²) < 4.78 is 6.27. The van der Waals surface area contributed by atoms with E-state index in [4.69, 9.17) is 27.6 Å². The van der Waals surface area contributed by atoms with Gasteiger partial charge in [0.05, 0.1) is 15.6 Å². The molecule has 8 nitrogen and oxygen atoms in total. The van der Waals surface area contributed by atoms with Crippen molar-refractivity contribution in [2.45, 2.75) is 12.8 Å². The average Bonchev–Trinajstić information content (AvgIpc) is 3.34. The van der Waals surface area contributed by atoms with Crippen LogP contribution in [0.15, 0.2) is 34.7 Å². The van der Waals surface area contributed by atoms with Gasteiger partial charge in [-0.25, -0.2) is 0 Å². The number of benzene rings is 1. The number of amides is 3. The van der Waals surface area contributed by atoms with Crippen molar-refractivity contribution in [3.05, 3.63) is 44.6 Å². The standard InChI is InChI=1S/C17H10Cl2N4O4S/c18-11-7-10(14(19)28-11)16-21-22-17(27-16)20-15(26)8-1-3-9(4-2-8)23-12(24)5-6-13(23)25/h1-4,7H,5-6H2,(H,20,22,26). The van der Waals surface area contributed by atoms with Crippen LogP contribution in [0.2, 0.25) is 8.67 Å². The Bertz CT molecular complexity index is 1080. The summed E-state index contributed by atoms with van der Waals surface area (Å²) in [7, 11) is 0. The van der Waals surface area contributed by atoms with Crippen LogP contribution in [0.4, 0.5) is 11.7 Å². The van der Waals surface area contributed by atoms with E-state index in [1.165, 1.54) is 24.3 Å². The molecule has 2 aromatic heterocycles. The zero-order valence-corrected chi connectivity index (χ0v) is 16.3. The van der Waals surface area contributed by atoms with Crippen molar-refractivity contribution in [3.8, 4) is 11.5 Å². The molecule has 4 rings (SSSR count). The van der Waals surface area contributed by atoms with Gasteiger partial charge in [0.2, 0.25) is 11.8 Å². The predicted octanol–water partition coefficient (Wildman–Crippen LogP) is 4.01. The van der Waals surface area contributed by atoms with Crippen LogP contribution in [0.25, 0.3) is 11.5 Å². The lowest BCUT2D eigenvalue weighted by molar-refractivity contribution is -0.121. The van der Waals surface area contributed by atoms with E-state index in [1.54, 1.807) is 6.07 Å². The fraction of sp³-hybridized carbons (Fsp3) is 0.118. The highest BCUT2D eigenvalue weighted by Crippen LogP contribution is 2.37. The number of imide groups is 1. The van der Waals surface area contributed by atoms with Crippen LogP contribution in [-0.4, -0.2) is 27.9 Å². The number of anilines is 2. The third kappa shape index (κ3) is 3.51. The Balaban J connectivity index is 1.48. The van der Waals surface area contributed by atoms with Gasteiger partial charge in [-0.1, -0.05) is 28.3 Å². The van der Waals surface area contributed by atoms with E-state index in [-0.39, 0.29) is 36.6 Å². The molecule has 28 heavy (non-hydrogen) atoms. The molecule has 0 spiro atoms. The lowest BCUT2D eigenvalue weighted by Gasteiger charge is -2.13. The maximum atomic E-state index is 12.4. The quantitative estimate of drug-likeness (QED) is 0.619. The van der Waals surface area contributed by atoms with Gasteiger partial charge >= 0.3 is 6.01 Å². The molecule has 1 saturated heterocycles. The van der Waals surface area contributed by atoms with Crippen LogP contribution < -0.4 is 10.2 Å². The Morgan fingerprint density at radius 3 is 2.39 bits per heavy atom. The molecule has 0 aliphatic carbocycles. The Hall–Kier alpha value is -2.75. The van der Waals surface area contributed by atoms with Crippen LogP contribution in [0.5, 0.6) is 0 Å². The van der Waals surface area contributed by atoms with Crippen LogP contribution in [0, 0.1) is 0 Å². The molecule has 0 radical (unpaired) electrons. The van der Waals surface area contributed by atoms with E-state index >= 15 is 0 Å². The maximum Gasteiger partial charge on any atom is 0.322 e. The lowest BCUT2D eigenvalue weighted by Crippen LogP contribution is -2.28. The number of nitrogens with zero attached hydrogens (tertiary/aromatic N) is 3. The monoisotopic (exact) mass is 436 g/mol. The van der Waals surface area contributed by atoms with Crippen molar-refractivity contribution in [1.29, 1.82) is 0 Å². The number of carbonyl (C=O) groups excluding carboxylic acids is 3. The van der Waals surface area contributed by atoms with Crippen molar-refractivity contribution in [2.24, 2.45) is 0 Å². The van der Waals surface area contributed by atoms with E-state index in [0.29, 0.717) is 25.5 Å². The third-order valence-corrected chi connectivity index (χ3v) is 5.46. The number of hydrogen-bond acceptors (Lipinski definition) is 7. The second-order valence-corrected chi connectivity index (χ2v) is 8.06. The van der Waals surface area contributed by atoms with Crippen molar-refractivity contribution in [3.63, 3.8) is 0 Å². The van der Waals surface area contributed by atoms with E-state index in [2.05, 4.69) is 15.5 Å². The minimum Gasteiger partial charge on any atom is -0.403 e. The number of hydrogen-bond donors (Lipinski definition) is 1. The highest BCUT2D eigenvalue weighted by Gasteiger charge is 2.30. The summed E-state index contributed by atoms with van der Waals surface area (Å²) in [6, 6.07) is 7.54. The van der Waals surface area contributed by atoms with Crippen molar-refractivity contribution in [1.82, 2.24) is 10.2 Å². The third-order valence-electron chi connectivity index (χ3n) is 3.97. The molecule has 142 valence electrons. The van der Waals surface area contributed by atoms with Gasteiger partial charge < -0.3 is 4.42 Å². The second-order valence-electron chi connectivity index (χ2n) is 5.77. The van der Waals surface area contributed by atoms with E-state index in [9.17, 15) is 14.4 Å². The molecule has 1 fully saturated rings. The molecular formula is C17H10Cl2N4O4S. The van der Waals surface area contributed by atoms with Gasteiger partial charge in [-0.3, -0.25) is 24.6 Å². The molecule has 1 aliphatic rings. The fourth-order valence-corrected chi connectivity index (χ4v) is 4.11. The molecule has 11 heteroatoms. The molecule has 3 aromatic rings. The lowest BCUT2D eigenvalue weighted by atomic mass is 10.2. The smallest absolute Gasteiger partial charge is 0.322 e. The molecule has 0 bridgehead atoms. The van der Waals surface area contributed by atoms with E-state index < -0.39 is 5.91 Å². The molecule has 0 unspecified atom stereocenters. The highest BCUT2D eigenvalue weighted by molar-refractivity contribution is 7.20. The molecule has 1 aromatic carbocycles. The minimum absolute atomic E-state index is 0.104. The van der Waals surface area contributed by atoms with Crippen LogP contribution in [0.1, 0.15) is 23.2 Å². The summed E-state index contributed by atoms with van der Waals surface area (Å²) in [5, 5.41) is 10.1. The fourth-order valence-electron chi connectivity index (χ4n) is 2.66. The Kier molecular flexibility index (Phi) is 4.88. The second kappa shape index (κ2) is 7.34. The average molecular weight is 437 g/mol. The summed E-state index contributed by atoms with van der Waals surface area (Å²) in [5.41, 5.74) is 1.20. The number of thiophene rings is 1. The van der Waals surface area contributed by atoms with Crippen LogP contribution >= 0.6 is 34.5 Å². The number of aromatic nitrogens is 2. The molecule has 3 heterocycles. The molecule has 1 N–H and O–H groups in total. The zero-order valence-electron chi connectivity index (χ0n) is 13.9.